The Morgan fingerprint density at radius 2 is 1.15 bits per heavy atom. The second-order valence-corrected chi connectivity index (χ2v) is 28.9. The average molecular weight is 1470 g/mol. The van der Waals surface area contributed by atoms with Crippen molar-refractivity contribution >= 4 is 144 Å². The third kappa shape index (κ3) is 33.5. The highest BCUT2D eigenvalue weighted by Crippen LogP contribution is 2.36. The number of H-pyrrole nitrogens is 1. The van der Waals surface area contributed by atoms with Gasteiger partial charge in [0, 0.05) is 60.3 Å². The van der Waals surface area contributed by atoms with Crippen LogP contribution in [0.25, 0.3) is 0 Å². The lowest BCUT2D eigenvalue weighted by atomic mass is 10.0. The van der Waals surface area contributed by atoms with Gasteiger partial charge in [0.15, 0.2) is 11.9 Å². The Kier molecular flexibility index (Phi) is 37.7. The molecule has 1 aromatic heterocycles. The topological polar surface area (TPSA) is 656 Å². The third-order valence-corrected chi connectivity index (χ3v) is 19.9. The molecular weight excluding hydrogens is 1380 g/mol. The Hall–Kier alpha value is -8.84. The summed E-state index contributed by atoms with van der Waals surface area (Å²) in [4.78, 5) is 223. The van der Waals surface area contributed by atoms with Gasteiger partial charge in [-0.15, -0.1) is 0 Å². The molecule has 0 unspecified atom stereocenters. The Labute approximate surface area is 585 Å². The van der Waals surface area contributed by atoms with E-state index in [2.05, 4.69) is 83.8 Å². The maximum atomic E-state index is 14.7. The number of aromatic nitrogens is 2. The number of imidazole rings is 1. The number of hydrogen-bond acceptors (Lipinski definition) is 23. The van der Waals surface area contributed by atoms with Crippen LogP contribution in [0.15, 0.2) is 22.5 Å². The van der Waals surface area contributed by atoms with Gasteiger partial charge in [-0.1, -0.05) is 70.9 Å². The molecule has 14 amide bonds. The van der Waals surface area contributed by atoms with E-state index in [0.29, 0.717) is 0 Å². The molecule has 2 aliphatic heterocycles. The first-order valence-electron chi connectivity index (χ1n) is 31.4. The molecule has 2 saturated heterocycles. The number of fused-ring (bicyclic) bond motifs is 4. The number of nitrogens with two attached hydrogens (primary N) is 7. The number of carbonyl (C=O) groups is 15. The van der Waals surface area contributed by atoms with Crippen molar-refractivity contribution in [1.29, 1.82) is 0 Å². The zero-order valence-electron chi connectivity index (χ0n) is 55.2. The summed E-state index contributed by atoms with van der Waals surface area (Å²) >= 11 is 0. The Morgan fingerprint density at radius 3 is 1.72 bits per heavy atom. The molecule has 0 spiro atoms. The van der Waals surface area contributed by atoms with Crippen molar-refractivity contribution in [2.24, 2.45) is 62.0 Å². The van der Waals surface area contributed by atoms with Gasteiger partial charge in [0.1, 0.15) is 60.4 Å². The average Bonchev–Trinajstić information content (AvgIpc) is 1.58. The van der Waals surface area contributed by atoms with Crippen LogP contribution in [-0.2, 0) is 78.3 Å². The minimum Gasteiger partial charge on any atom is -0.481 e. The predicted octanol–water partition coefficient (Wildman–Crippen LogP) is -8.04. The first kappa shape index (κ1) is 84.4. The van der Waals surface area contributed by atoms with Gasteiger partial charge in [0.05, 0.1) is 32.4 Å². The largest absolute Gasteiger partial charge is 0.481 e. The molecule has 3 heterocycles. The molecule has 1 aromatic rings. The summed E-state index contributed by atoms with van der Waals surface area (Å²) < 4.78 is 0. The lowest BCUT2D eigenvalue weighted by molar-refractivity contribution is -0.138. The number of carbonyl (C=O) groups excluding carboxylic acids is 14. The quantitative estimate of drug-likeness (QED) is 0.0198. The molecule has 2 aliphatic rings. The number of rotatable bonds is 24. The van der Waals surface area contributed by atoms with Gasteiger partial charge in [-0.25, -0.2) is 4.98 Å². The summed E-state index contributed by atoms with van der Waals surface area (Å²) in [6, 6.07) is -15.9. The van der Waals surface area contributed by atoms with Crippen molar-refractivity contribution in [1.82, 2.24) is 73.8 Å². The number of aromatic amines is 1. The van der Waals surface area contributed by atoms with Gasteiger partial charge in [-0.3, -0.25) is 81.9 Å². The molecule has 0 radical (unpaired) electrons. The van der Waals surface area contributed by atoms with Crippen LogP contribution in [-0.4, -0.2) is 231 Å². The Bertz CT molecular complexity index is 3030. The number of hydrogen-bond donors (Lipinski definition) is 21. The van der Waals surface area contributed by atoms with E-state index in [1.165, 1.54) is 12.5 Å². The summed E-state index contributed by atoms with van der Waals surface area (Å²) in [5.74, 6) is -17.4. The maximum Gasteiger partial charge on any atom is 0.303 e. The molecule has 43 heteroatoms. The highest BCUT2D eigenvalue weighted by Gasteiger charge is 2.37. The van der Waals surface area contributed by atoms with Gasteiger partial charge in [-0.2, -0.15) is 0 Å². The van der Waals surface area contributed by atoms with E-state index in [9.17, 15) is 77.0 Å². The fourth-order valence-corrected chi connectivity index (χ4v) is 15.3. The van der Waals surface area contributed by atoms with Crippen LogP contribution in [0.4, 0.5) is 0 Å². The van der Waals surface area contributed by atoms with E-state index in [-0.39, 0.29) is 99.0 Å². The van der Waals surface area contributed by atoms with Gasteiger partial charge < -0.3 is 114 Å². The standard InChI is InChI=1S/C56H93N23O16S4/c1-26(2)13-33(45(59)86)75-54(95)39-23-97-96-22-29-16-36(71-41(81)18-57)51(92)76-34(14-27(3)4)47(88)68-20-42(82)70-30(7-5-11-65-55(60)61)46(87)67-21-43(83)72-38(24-98-99-29)53(94)74-32(9-10-44(84)85)49(90)78-37(17-40(58)80)52(93)77-35(15-28-19-64-25-69-28)50(91)73-31(48(89)79-39)8-6-12-66-56(62)63/h19,25-27,29-39H,5-18,20-24,57H2,1-4H3,(H2,58,80)(H2,59,86)(H,64,69)(H,67,87)(H,68,88)(H,70,82)(H,71,81)(H,72,83)(H,73,91)(H,74,94)(H,75,95)(H,76,92)(H,77,93)(H,78,90)(H,79,89)(H,84,85)(H4,60,61,65)(H4,62,63,66)/t29-,30+,31+,32+,33+,34+,35+,36+,37+,38+,39+/m1/s1. The molecule has 2 fully saturated rings. The highest BCUT2D eigenvalue weighted by atomic mass is 33.1. The number of nitrogens with zero attached hydrogens (tertiary/aromatic N) is 3. The second kappa shape index (κ2) is 44.2. The molecule has 2 bridgehead atoms. The van der Waals surface area contributed by atoms with E-state index in [1.807, 2.05) is 0 Å². The first-order valence-corrected chi connectivity index (χ1v) is 36.3. The number of nitrogens with one attached hydrogen (secondary N) is 13. The van der Waals surface area contributed by atoms with Crippen LogP contribution in [0, 0.1) is 11.8 Å². The first-order chi connectivity index (χ1) is 46.7. The number of carboxylic acid groups (broad SMARTS) is 1. The Morgan fingerprint density at radius 1 is 0.616 bits per heavy atom. The SMILES string of the molecule is CC(C)C[C@H](NC(=O)[C@@H]1CSSC[C@H]2C[C@H](NC(=O)CN)C(=O)N[C@@H](CC(C)C)C(=O)NCC(=O)N[C@@H](CCCN=C(N)N)C(=O)NCC(=O)N[C@@H](CSS2)C(=O)N[C@@H](CCC(=O)O)C(=O)N[C@@H](CC(N)=O)C(=O)N[C@@H](Cc2cnc[nH]2)C(=O)N[C@@H](CCCN=C(N)N)C(=O)N1)C(N)=O. The molecule has 0 aliphatic carbocycles. The van der Waals surface area contributed by atoms with E-state index in [1.54, 1.807) is 27.7 Å². The molecule has 0 aromatic carbocycles. The normalized spacial score (nSPS) is 23.9. The van der Waals surface area contributed by atoms with Gasteiger partial charge in [0.25, 0.3) is 0 Å². The fourth-order valence-electron chi connectivity index (χ4n) is 9.41. The second-order valence-electron chi connectivity index (χ2n) is 23.7. The van der Waals surface area contributed by atoms with Crippen molar-refractivity contribution in [3.8, 4) is 0 Å². The van der Waals surface area contributed by atoms with Crippen LogP contribution in [0.1, 0.15) is 97.6 Å². The number of amides is 14. The van der Waals surface area contributed by atoms with E-state index in [4.69, 9.17) is 40.1 Å². The minimum absolute atomic E-state index is 0.000208. The van der Waals surface area contributed by atoms with Crippen LogP contribution in [0.5, 0.6) is 0 Å². The van der Waals surface area contributed by atoms with Crippen molar-refractivity contribution in [2.75, 3.05) is 50.0 Å². The molecule has 11 atom stereocenters. The van der Waals surface area contributed by atoms with Gasteiger partial charge >= 0.3 is 5.97 Å². The minimum atomic E-state index is -1.98. The van der Waals surface area contributed by atoms with Crippen LogP contribution < -0.4 is 104 Å². The number of guanidine groups is 2. The zero-order valence-corrected chi connectivity index (χ0v) is 58.4. The molecule has 552 valence electrons. The number of aliphatic carboxylic acids is 1. The van der Waals surface area contributed by atoms with Gasteiger partial charge in [0.2, 0.25) is 82.7 Å². The molecule has 39 nitrogen and oxygen atoms in total. The molecule has 3 rings (SSSR count). The van der Waals surface area contributed by atoms with Crippen molar-refractivity contribution in [2.45, 2.75) is 164 Å². The summed E-state index contributed by atoms with van der Waals surface area (Å²) in [6.45, 7) is 4.73. The van der Waals surface area contributed by atoms with Crippen LogP contribution >= 0.6 is 43.2 Å². The summed E-state index contributed by atoms with van der Waals surface area (Å²) in [7, 11) is 3.94. The number of aliphatic imine (C=N–C) groups is 2. The van der Waals surface area contributed by atoms with Crippen molar-refractivity contribution < 1.29 is 77.0 Å². The summed E-state index contributed by atoms with van der Waals surface area (Å²) in [6.07, 6.45) is -0.775. The van der Waals surface area contributed by atoms with Crippen molar-refractivity contribution in [3.05, 3.63) is 18.2 Å². The maximum absolute atomic E-state index is 14.7. The van der Waals surface area contributed by atoms with Gasteiger partial charge in [-0.05, 0) is 63.2 Å². The highest BCUT2D eigenvalue weighted by molar-refractivity contribution is 8.78. The zero-order chi connectivity index (χ0) is 73.9. The van der Waals surface area contributed by atoms with E-state index >= 15 is 0 Å². The van der Waals surface area contributed by atoms with Crippen molar-refractivity contribution in [3.63, 3.8) is 0 Å². The molecular formula is C56H93N23O16S4. The fraction of sp³-hybridized carbons (Fsp3) is 0.643. The molecule has 28 N–H and O–H groups in total. The van der Waals surface area contributed by atoms with Crippen LogP contribution in [0.2, 0.25) is 0 Å². The predicted molar refractivity (Wildman–Crippen MR) is 369 cm³/mol. The lowest BCUT2D eigenvalue weighted by Crippen LogP contribution is -2.61. The van der Waals surface area contributed by atoms with E-state index in [0.717, 1.165) is 43.2 Å². The summed E-state index contributed by atoms with van der Waals surface area (Å²) in [5.41, 5.74) is 39.4. The number of carboxylic acids is 1. The summed E-state index contributed by atoms with van der Waals surface area (Å²) in [5, 5.41) is 39.0. The third-order valence-electron chi connectivity index (χ3n) is 14.3. The molecule has 99 heavy (non-hydrogen) atoms. The smallest absolute Gasteiger partial charge is 0.303 e. The van der Waals surface area contributed by atoms with E-state index < -0.39 is 205 Å². The Balaban J connectivity index is 2.39. The number of primary amides is 2. The monoisotopic (exact) mass is 1470 g/mol. The molecule has 0 saturated carbocycles. The lowest BCUT2D eigenvalue weighted by Gasteiger charge is -2.28. The van der Waals surface area contributed by atoms with Crippen LogP contribution in [0.3, 0.4) is 0 Å².